The van der Waals surface area contributed by atoms with Crippen molar-refractivity contribution in [3.63, 3.8) is 0 Å². The average Bonchev–Trinajstić information content (AvgIpc) is 3.14. The first-order valence-electron chi connectivity index (χ1n) is 10.6. The van der Waals surface area contributed by atoms with E-state index in [1.165, 1.54) is 6.92 Å². The van der Waals surface area contributed by atoms with Crippen LogP contribution in [0.3, 0.4) is 0 Å². The minimum Gasteiger partial charge on any atom is -0.507 e. The highest BCUT2D eigenvalue weighted by Gasteiger charge is 2.32. The number of piperidine rings is 1. The van der Waals surface area contributed by atoms with E-state index in [9.17, 15) is 18.3 Å². The number of oxazole rings is 1. The molecule has 7 nitrogen and oxygen atoms in total. The number of benzene rings is 1. The molecule has 172 valence electrons. The van der Waals surface area contributed by atoms with E-state index in [-0.39, 0.29) is 17.2 Å². The van der Waals surface area contributed by atoms with Gasteiger partial charge in [0.05, 0.1) is 16.9 Å². The predicted molar refractivity (Wildman–Crippen MR) is 117 cm³/mol. The molecule has 0 spiro atoms. The van der Waals surface area contributed by atoms with Gasteiger partial charge >= 0.3 is 6.18 Å². The molecule has 4 rings (SSSR count). The number of rotatable bonds is 5. The summed E-state index contributed by atoms with van der Waals surface area (Å²) in [6.07, 6.45) is -2.46. The lowest BCUT2D eigenvalue weighted by Crippen LogP contribution is -2.41. The Bertz CT molecular complexity index is 1110. The third kappa shape index (κ3) is 4.32. The Labute approximate surface area is 183 Å². The number of anilines is 2. The molecule has 1 fully saturated rings. The number of aromatic hydroxyl groups is 1. The highest BCUT2D eigenvalue weighted by Crippen LogP contribution is 2.40. The van der Waals surface area contributed by atoms with Gasteiger partial charge in [0, 0.05) is 25.2 Å². The van der Waals surface area contributed by atoms with Crippen molar-refractivity contribution in [2.75, 3.05) is 37.3 Å². The molecule has 1 saturated heterocycles. The number of nitrogens with one attached hydrogen (secondary N) is 2. The van der Waals surface area contributed by atoms with Gasteiger partial charge in [0.1, 0.15) is 5.75 Å². The first kappa shape index (κ1) is 22.2. The minimum atomic E-state index is -4.55. The molecule has 3 heterocycles. The zero-order chi connectivity index (χ0) is 23.0. The molecule has 1 aromatic carbocycles. The lowest BCUT2D eigenvalue weighted by Gasteiger charge is -2.31. The first-order valence-corrected chi connectivity index (χ1v) is 10.6. The maximum absolute atomic E-state index is 13.1. The number of nitrogens with zero attached hydrogens (tertiary/aromatic N) is 3. The van der Waals surface area contributed by atoms with E-state index < -0.39 is 17.5 Å². The molecule has 0 aliphatic carbocycles. The monoisotopic (exact) mass is 449 g/mol. The van der Waals surface area contributed by atoms with Gasteiger partial charge in [-0.3, -0.25) is 0 Å². The molecule has 3 aromatic rings. The van der Waals surface area contributed by atoms with Crippen molar-refractivity contribution in [2.45, 2.75) is 38.9 Å². The fraction of sp³-hybridized carbons (Fsp3) is 0.455. The number of hydrogen-bond acceptors (Lipinski definition) is 7. The van der Waals surface area contributed by atoms with E-state index in [1.54, 1.807) is 13.1 Å². The van der Waals surface area contributed by atoms with Crippen molar-refractivity contribution in [3.05, 3.63) is 29.3 Å². The van der Waals surface area contributed by atoms with Crippen molar-refractivity contribution in [3.8, 4) is 17.0 Å². The molecule has 3 N–H and O–H groups in total. The number of phenolic OH excluding ortho intramolecular Hbond substituents is 1. The Kier molecular flexibility index (Phi) is 5.89. The molecule has 32 heavy (non-hydrogen) atoms. The standard InChI is InChI=1S/C22H26F3N5O2/c1-4-30-7-5-6-14(11-30)27-21-29-20-19(32-21)16(26-3)10-15(28-20)18-12(2)8-13(9-17(18)31)22(23,24)25/h8-10,14,31H,4-7,11H2,1-3H3,(H2,26,27,28,29)/t14-/m1/s1. The number of fused-ring (bicyclic) bond motifs is 1. The molecule has 2 aromatic heterocycles. The summed E-state index contributed by atoms with van der Waals surface area (Å²) in [4.78, 5) is 11.3. The molecule has 1 aliphatic rings. The number of alkyl halides is 3. The highest BCUT2D eigenvalue weighted by atomic mass is 19.4. The first-order chi connectivity index (χ1) is 15.2. The van der Waals surface area contributed by atoms with Crippen LogP contribution in [-0.4, -0.2) is 52.7 Å². The van der Waals surface area contributed by atoms with Crippen LogP contribution in [0.25, 0.3) is 22.5 Å². The second-order valence-corrected chi connectivity index (χ2v) is 8.04. The molecule has 1 aliphatic heterocycles. The quantitative estimate of drug-likeness (QED) is 0.513. The normalized spacial score (nSPS) is 17.6. The number of likely N-dealkylation sites (N-methyl/N-ethyl adjacent to an activating group) is 1. The molecule has 0 radical (unpaired) electrons. The number of aromatic nitrogens is 2. The van der Waals surface area contributed by atoms with Crippen molar-refractivity contribution in [1.82, 2.24) is 14.9 Å². The van der Waals surface area contributed by atoms with Crippen molar-refractivity contribution < 1.29 is 22.7 Å². The summed E-state index contributed by atoms with van der Waals surface area (Å²) >= 11 is 0. The van der Waals surface area contributed by atoms with E-state index in [4.69, 9.17) is 4.42 Å². The van der Waals surface area contributed by atoms with Crippen molar-refractivity contribution >= 4 is 22.9 Å². The summed E-state index contributed by atoms with van der Waals surface area (Å²) < 4.78 is 45.1. The van der Waals surface area contributed by atoms with Gasteiger partial charge in [0.25, 0.3) is 6.01 Å². The lowest BCUT2D eigenvalue weighted by molar-refractivity contribution is -0.137. The second-order valence-electron chi connectivity index (χ2n) is 8.04. The van der Waals surface area contributed by atoms with Gasteiger partial charge in [0.15, 0.2) is 5.58 Å². The summed E-state index contributed by atoms with van der Waals surface area (Å²) in [5.74, 6) is -0.491. The number of halogens is 3. The van der Waals surface area contributed by atoms with Gasteiger partial charge in [-0.05, 0) is 56.6 Å². The third-order valence-electron chi connectivity index (χ3n) is 5.81. The van der Waals surface area contributed by atoms with E-state index in [0.29, 0.717) is 34.7 Å². The summed E-state index contributed by atoms with van der Waals surface area (Å²) in [6, 6.07) is 3.89. The third-order valence-corrected chi connectivity index (χ3v) is 5.81. The summed E-state index contributed by atoms with van der Waals surface area (Å²) in [5.41, 5.74) is 1.19. The molecule has 0 saturated carbocycles. The number of phenols is 1. The molecule has 10 heteroatoms. The molecule has 0 amide bonds. The zero-order valence-electron chi connectivity index (χ0n) is 18.2. The second kappa shape index (κ2) is 8.50. The van der Waals surface area contributed by atoms with Crippen LogP contribution in [-0.2, 0) is 6.18 Å². The van der Waals surface area contributed by atoms with Gasteiger partial charge in [-0.25, -0.2) is 4.98 Å². The summed E-state index contributed by atoms with van der Waals surface area (Å²) in [5, 5.41) is 16.7. The lowest BCUT2D eigenvalue weighted by atomic mass is 10.00. The van der Waals surface area contributed by atoms with Crippen LogP contribution in [0.2, 0.25) is 0 Å². The number of pyridine rings is 1. The van der Waals surface area contributed by atoms with Crippen molar-refractivity contribution in [1.29, 1.82) is 0 Å². The van der Waals surface area contributed by atoms with Crippen LogP contribution in [0.5, 0.6) is 5.75 Å². The summed E-state index contributed by atoms with van der Waals surface area (Å²) in [7, 11) is 1.70. The minimum absolute atomic E-state index is 0.204. The number of likely N-dealkylation sites (tertiary alicyclic amines) is 1. The molecule has 0 bridgehead atoms. The van der Waals surface area contributed by atoms with Gasteiger partial charge in [-0.1, -0.05) is 6.92 Å². The Morgan fingerprint density at radius 3 is 2.69 bits per heavy atom. The molecular formula is C22H26F3N5O2. The molecule has 0 unspecified atom stereocenters. The van der Waals surface area contributed by atoms with E-state index in [2.05, 4.69) is 32.4 Å². The van der Waals surface area contributed by atoms with Gasteiger partial charge < -0.3 is 25.1 Å². The van der Waals surface area contributed by atoms with E-state index in [0.717, 1.165) is 38.5 Å². The van der Waals surface area contributed by atoms with Crippen LogP contribution < -0.4 is 10.6 Å². The number of hydrogen-bond donors (Lipinski definition) is 3. The Morgan fingerprint density at radius 2 is 2.03 bits per heavy atom. The zero-order valence-corrected chi connectivity index (χ0v) is 18.2. The SMILES string of the molecule is CCN1CCC[C@@H](Nc2nc3nc(-c4c(C)cc(C(F)(F)F)cc4O)cc(NC)c3o2)C1. The number of aryl methyl sites for hydroxylation is 1. The van der Waals surface area contributed by atoms with Gasteiger partial charge in [-0.2, -0.15) is 18.2 Å². The highest BCUT2D eigenvalue weighted by molar-refractivity contribution is 5.89. The predicted octanol–water partition coefficient (Wildman–Crippen LogP) is 4.86. The van der Waals surface area contributed by atoms with Crippen LogP contribution in [0.4, 0.5) is 24.9 Å². The van der Waals surface area contributed by atoms with Crippen LogP contribution in [0, 0.1) is 6.92 Å². The molecule has 1 atom stereocenters. The van der Waals surface area contributed by atoms with Gasteiger partial charge in [-0.15, -0.1) is 0 Å². The molecular weight excluding hydrogens is 423 g/mol. The maximum Gasteiger partial charge on any atom is 0.416 e. The van der Waals surface area contributed by atoms with Gasteiger partial charge in [0.2, 0.25) is 5.65 Å². The Hall–Kier alpha value is -3.01. The van der Waals surface area contributed by atoms with Crippen LogP contribution in [0.1, 0.15) is 30.9 Å². The average molecular weight is 449 g/mol. The largest absolute Gasteiger partial charge is 0.507 e. The fourth-order valence-corrected chi connectivity index (χ4v) is 4.19. The topological polar surface area (TPSA) is 86.5 Å². The smallest absolute Gasteiger partial charge is 0.416 e. The maximum atomic E-state index is 13.1. The Balaban J connectivity index is 1.70. The van der Waals surface area contributed by atoms with E-state index >= 15 is 0 Å². The van der Waals surface area contributed by atoms with Crippen LogP contribution in [0.15, 0.2) is 22.6 Å². The van der Waals surface area contributed by atoms with Crippen LogP contribution >= 0.6 is 0 Å². The summed E-state index contributed by atoms with van der Waals surface area (Å²) in [6.45, 7) is 6.59. The van der Waals surface area contributed by atoms with E-state index in [1.807, 2.05) is 0 Å². The fourth-order valence-electron chi connectivity index (χ4n) is 4.19. The van der Waals surface area contributed by atoms with Crippen molar-refractivity contribution in [2.24, 2.45) is 0 Å². The Morgan fingerprint density at radius 1 is 1.25 bits per heavy atom.